The van der Waals surface area contributed by atoms with Crippen molar-refractivity contribution in [1.82, 2.24) is 19.6 Å². The van der Waals surface area contributed by atoms with Gasteiger partial charge in [-0.15, -0.1) is 0 Å². The van der Waals surface area contributed by atoms with Crippen LogP contribution in [-0.4, -0.2) is 64.7 Å². The molecule has 0 aliphatic carbocycles. The number of anilines is 1. The SMILES string of the molecule is CCCCN1C(=O)CC(C(=O)Nc2cnn(CCN(CC)CC)c2)C1c1ccc(OC)cc1. The standard InChI is InChI=1S/C25H37N5O3/c1-5-8-13-30-23(31)16-22(24(30)19-9-11-21(33-4)12-10-19)25(32)27-20-17-26-29(18-20)15-14-28(6-2)7-3/h9-12,17-18,22,24H,5-8,13-16H2,1-4H3,(H,27,32). The van der Waals surface area contributed by atoms with Crippen LogP contribution in [0.25, 0.3) is 0 Å². The summed E-state index contributed by atoms with van der Waals surface area (Å²) in [6, 6.07) is 7.38. The van der Waals surface area contributed by atoms with Crippen molar-refractivity contribution in [2.75, 3.05) is 38.6 Å². The summed E-state index contributed by atoms with van der Waals surface area (Å²) in [5, 5.41) is 7.39. The molecule has 1 aromatic carbocycles. The molecule has 0 radical (unpaired) electrons. The summed E-state index contributed by atoms with van der Waals surface area (Å²) in [5.74, 6) is 0.175. The van der Waals surface area contributed by atoms with Gasteiger partial charge in [0.1, 0.15) is 5.75 Å². The van der Waals surface area contributed by atoms with Crippen LogP contribution in [0.1, 0.15) is 51.6 Å². The molecule has 33 heavy (non-hydrogen) atoms. The molecule has 180 valence electrons. The number of aromatic nitrogens is 2. The molecule has 1 saturated heterocycles. The summed E-state index contributed by atoms with van der Waals surface area (Å²) in [4.78, 5) is 30.4. The Bertz CT molecular complexity index is 907. The fourth-order valence-corrected chi connectivity index (χ4v) is 4.40. The number of carbonyl (C=O) groups excluding carboxylic acids is 2. The number of hydrogen-bond acceptors (Lipinski definition) is 5. The molecular formula is C25H37N5O3. The van der Waals surface area contributed by atoms with Gasteiger partial charge in [-0.05, 0) is 37.2 Å². The van der Waals surface area contributed by atoms with Gasteiger partial charge >= 0.3 is 0 Å². The predicted molar refractivity (Wildman–Crippen MR) is 129 cm³/mol. The van der Waals surface area contributed by atoms with Gasteiger partial charge in [-0.2, -0.15) is 5.10 Å². The molecule has 8 heteroatoms. The lowest BCUT2D eigenvalue weighted by Crippen LogP contribution is -2.33. The fourth-order valence-electron chi connectivity index (χ4n) is 4.40. The molecule has 1 aliphatic rings. The van der Waals surface area contributed by atoms with Crippen molar-refractivity contribution in [3.05, 3.63) is 42.2 Å². The van der Waals surface area contributed by atoms with Gasteiger partial charge < -0.3 is 19.9 Å². The Labute approximate surface area is 196 Å². The Balaban J connectivity index is 1.73. The number of likely N-dealkylation sites (tertiary alicyclic amines) is 1. The third-order valence-corrected chi connectivity index (χ3v) is 6.42. The van der Waals surface area contributed by atoms with Gasteiger partial charge in [0.05, 0.1) is 37.5 Å². The first-order valence-electron chi connectivity index (χ1n) is 12.0. The Hall–Kier alpha value is -2.87. The van der Waals surface area contributed by atoms with E-state index >= 15 is 0 Å². The highest BCUT2D eigenvalue weighted by molar-refractivity contribution is 5.97. The van der Waals surface area contributed by atoms with E-state index in [0.717, 1.165) is 50.3 Å². The third kappa shape index (κ3) is 6.13. The second-order valence-corrected chi connectivity index (χ2v) is 8.48. The maximum atomic E-state index is 13.3. The van der Waals surface area contributed by atoms with Crippen LogP contribution < -0.4 is 10.1 Å². The van der Waals surface area contributed by atoms with E-state index in [2.05, 4.69) is 36.1 Å². The van der Waals surface area contributed by atoms with Crippen molar-refractivity contribution < 1.29 is 14.3 Å². The quantitative estimate of drug-likeness (QED) is 0.529. The van der Waals surface area contributed by atoms with E-state index < -0.39 is 5.92 Å². The molecule has 2 unspecified atom stereocenters. The van der Waals surface area contributed by atoms with E-state index in [4.69, 9.17) is 4.74 Å². The van der Waals surface area contributed by atoms with Crippen LogP contribution in [0.15, 0.2) is 36.7 Å². The molecule has 1 N–H and O–H groups in total. The summed E-state index contributed by atoms with van der Waals surface area (Å²) in [6.45, 7) is 10.7. The van der Waals surface area contributed by atoms with Gasteiger partial charge in [-0.1, -0.05) is 39.3 Å². The molecule has 0 spiro atoms. The number of methoxy groups -OCH3 is 1. The normalized spacial score (nSPS) is 18.2. The minimum Gasteiger partial charge on any atom is -0.497 e. The van der Waals surface area contributed by atoms with Crippen LogP contribution in [0.4, 0.5) is 5.69 Å². The van der Waals surface area contributed by atoms with Crippen LogP contribution in [-0.2, 0) is 16.1 Å². The summed E-state index contributed by atoms with van der Waals surface area (Å²) in [6.07, 6.45) is 5.64. The number of amides is 2. The zero-order chi connectivity index (χ0) is 23.8. The molecule has 2 atom stereocenters. The van der Waals surface area contributed by atoms with Crippen molar-refractivity contribution in [3.63, 3.8) is 0 Å². The summed E-state index contributed by atoms with van der Waals surface area (Å²) in [5.41, 5.74) is 1.61. The minimum atomic E-state index is -0.457. The topological polar surface area (TPSA) is 79.7 Å². The Kier molecular flexibility index (Phi) is 8.88. The predicted octanol–water partition coefficient (Wildman–Crippen LogP) is 3.56. The lowest BCUT2D eigenvalue weighted by atomic mass is 9.92. The van der Waals surface area contributed by atoms with E-state index in [1.54, 1.807) is 13.3 Å². The number of likely N-dealkylation sites (N-methyl/N-ethyl adjacent to an activating group) is 1. The first-order valence-corrected chi connectivity index (χ1v) is 12.0. The number of carbonyl (C=O) groups is 2. The van der Waals surface area contributed by atoms with Gasteiger partial charge in [-0.25, -0.2) is 0 Å². The first kappa shape index (κ1) is 24.8. The number of hydrogen-bond donors (Lipinski definition) is 1. The number of nitrogens with zero attached hydrogens (tertiary/aromatic N) is 4. The van der Waals surface area contributed by atoms with Gasteiger partial charge in [0.2, 0.25) is 11.8 Å². The fraction of sp³-hybridized carbons (Fsp3) is 0.560. The van der Waals surface area contributed by atoms with E-state index in [1.807, 2.05) is 40.0 Å². The third-order valence-electron chi connectivity index (χ3n) is 6.42. The summed E-state index contributed by atoms with van der Waals surface area (Å²) in [7, 11) is 1.63. The van der Waals surface area contributed by atoms with Gasteiger partial charge in [0, 0.05) is 25.7 Å². The molecular weight excluding hydrogens is 418 g/mol. The summed E-state index contributed by atoms with van der Waals surface area (Å²) >= 11 is 0. The maximum absolute atomic E-state index is 13.3. The smallest absolute Gasteiger partial charge is 0.230 e. The van der Waals surface area contributed by atoms with Crippen LogP contribution >= 0.6 is 0 Å². The molecule has 2 aromatic rings. The molecule has 2 heterocycles. The number of unbranched alkanes of at least 4 members (excludes halogenated alkanes) is 1. The van der Waals surface area contributed by atoms with Crippen molar-refractivity contribution in [2.45, 2.75) is 52.6 Å². The number of ether oxygens (including phenoxy) is 1. The van der Waals surface area contributed by atoms with Crippen LogP contribution in [0, 0.1) is 5.92 Å². The van der Waals surface area contributed by atoms with E-state index in [9.17, 15) is 9.59 Å². The second-order valence-electron chi connectivity index (χ2n) is 8.48. The minimum absolute atomic E-state index is 0.0272. The average molecular weight is 456 g/mol. The molecule has 1 aliphatic heterocycles. The molecule has 1 fully saturated rings. The lowest BCUT2D eigenvalue weighted by molar-refractivity contribution is -0.129. The molecule has 3 rings (SSSR count). The van der Waals surface area contributed by atoms with Crippen molar-refractivity contribution in [1.29, 1.82) is 0 Å². The van der Waals surface area contributed by atoms with Crippen LogP contribution in [0.3, 0.4) is 0 Å². The molecule has 0 bridgehead atoms. The molecule has 0 saturated carbocycles. The van der Waals surface area contributed by atoms with Gasteiger partial charge in [0.15, 0.2) is 0 Å². The highest BCUT2D eigenvalue weighted by atomic mass is 16.5. The lowest BCUT2D eigenvalue weighted by Gasteiger charge is -2.28. The van der Waals surface area contributed by atoms with E-state index in [0.29, 0.717) is 12.2 Å². The maximum Gasteiger partial charge on any atom is 0.230 e. The largest absolute Gasteiger partial charge is 0.497 e. The monoisotopic (exact) mass is 455 g/mol. The van der Waals surface area contributed by atoms with E-state index in [1.165, 1.54) is 0 Å². The Morgan fingerprint density at radius 2 is 1.91 bits per heavy atom. The van der Waals surface area contributed by atoms with Crippen LogP contribution in [0.5, 0.6) is 5.75 Å². The Morgan fingerprint density at radius 3 is 2.55 bits per heavy atom. The van der Waals surface area contributed by atoms with Crippen molar-refractivity contribution >= 4 is 17.5 Å². The average Bonchev–Trinajstić information content (AvgIpc) is 3.42. The molecule has 1 aromatic heterocycles. The first-order chi connectivity index (χ1) is 16.0. The van der Waals surface area contributed by atoms with E-state index in [-0.39, 0.29) is 24.3 Å². The Morgan fingerprint density at radius 1 is 1.18 bits per heavy atom. The highest BCUT2D eigenvalue weighted by Gasteiger charge is 2.44. The zero-order valence-electron chi connectivity index (χ0n) is 20.3. The molecule has 2 amide bonds. The second kappa shape index (κ2) is 11.8. The number of benzene rings is 1. The zero-order valence-corrected chi connectivity index (χ0v) is 20.3. The highest BCUT2D eigenvalue weighted by Crippen LogP contribution is 2.39. The summed E-state index contributed by atoms with van der Waals surface area (Å²) < 4.78 is 7.13. The van der Waals surface area contributed by atoms with Gasteiger partial charge in [0.25, 0.3) is 0 Å². The van der Waals surface area contributed by atoms with Crippen molar-refractivity contribution in [3.8, 4) is 5.75 Å². The van der Waals surface area contributed by atoms with Gasteiger partial charge in [-0.3, -0.25) is 14.3 Å². The number of nitrogens with one attached hydrogen (secondary N) is 1. The number of rotatable bonds is 12. The van der Waals surface area contributed by atoms with Crippen molar-refractivity contribution in [2.24, 2.45) is 5.92 Å². The molecule has 8 nitrogen and oxygen atoms in total. The van der Waals surface area contributed by atoms with Crippen LogP contribution in [0.2, 0.25) is 0 Å².